The van der Waals surface area contributed by atoms with Crippen LogP contribution in [0.1, 0.15) is 18.9 Å². The summed E-state index contributed by atoms with van der Waals surface area (Å²) >= 11 is 11.8. The van der Waals surface area contributed by atoms with Gasteiger partial charge in [0.25, 0.3) is 0 Å². The van der Waals surface area contributed by atoms with Crippen molar-refractivity contribution in [1.29, 1.82) is 5.41 Å². The van der Waals surface area contributed by atoms with Gasteiger partial charge in [-0.3, -0.25) is 4.57 Å². The van der Waals surface area contributed by atoms with E-state index in [4.69, 9.17) is 28.6 Å². The largest absolute Gasteiger partial charge is 0.354 e. The normalized spacial score (nSPS) is 10.8. The van der Waals surface area contributed by atoms with Crippen molar-refractivity contribution in [3.63, 3.8) is 0 Å². The Balaban J connectivity index is 1.72. The van der Waals surface area contributed by atoms with Crippen LogP contribution in [0.25, 0.3) is 5.69 Å². The Bertz CT molecular complexity index is 990. The third-order valence-corrected chi connectivity index (χ3v) is 4.60. The van der Waals surface area contributed by atoms with Gasteiger partial charge in [-0.15, -0.1) is 5.10 Å². The summed E-state index contributed by atoms with van der Waals surface area (Å²) in [5, 5.41) is 17.0. The fraction of sp³-hybridized carbons (Fsp3) is 0.211. The fourth-order valence-corrected chi connectivity index (χ4v) is 2.91. The Morgan fingerprint density at radius 2 is 1.67 bits per heavy atom. The Kier molecular flexibility index (Phi) is 5.98. The summed E-state index contributed by atoms with van der Waals surface area (Å²) < 4.78 is 2.90. The zero-order valence-electron chi connectivity index (χ0n) is 14.7. The van der Waals surface area contributed by atoms with Crippen LogP contribution in [0, 0.1) is 5.41 Å². The monoisotopic (exact) mass is 403 g/mol. The predicted octanol–water partition coefficient (Wildman–Crippen LogP) is 4.23. The quantitative estimate of drug-likeness (QED) is 0.579. The van der Waals surface area contributed by atoms with Crippen LogP contribution in [0.5, 0.6) is 0 Å². The molecule has 1 aromatic heterocycles. The van der Waals surface area contributed by atoms with Gasteiger partial charge < -0.3 is 10.7 Å². The molecule has 3 rings (SSSR count). The van der Waals surface area contributed by atoms with Crippen LogP contribution in [0.3, 0.4) is 0 Å². The average Bonchev–Trinajstić information content (AvgIpc) is 2.98. The van der Waals surface area contributed by atoms with Crippen LogP contribution >= 0.6 is 23.2 Å². The van der Waals surface area contributed by atoms with Gasteiger partial charge in [-0.25, -0.2) is 4.79 Å². The zero-order valence-corrected chi connectivity index (χ0v) is 16.3. The number of aromatic nitrogens is 3. The van der Waals surface area contributed by atoms with Gasteiger partial charge in [0.15, 0.2) is 0 Å². The maximum atomic E-state index is 12.6. The summed E-state index contributed by atoms with van der Waals surface area (Å²) in [5.74, 6) is 0.473. The first-order chi connectivity index (χ1) is 13.0. The lowest BCUT2D eigenvalue weighted by Crippen LogP contribution is -2.24. The second-order valence-corrected chi connectivity index (χ2v) is 6.77. The maximum Gasteiger partial charge on any atom is 0.352 e. The average molecular weight is 404 g/mol. The SMILES string of the molecule is CCn1c(NCCC(=N)c2ccc(Cl)cc2)nn(-c2ccc(Cl)cc2)c1=O. The third kappa shape index (κ3) is 4.40. The molecule has 6 nitrogen and oxygen atoms in total. The van der Waals surface area contributed by atoms with Crippen molar-refractivity contribution in [1.82, 2.24) is 14.3 Å². The minimum Gasteiger partial charge on any atom is -0.354 e. The number of hydrogen-bond acceptors (Lipinski definition) is 4. The van der Waals surface area contributed by atoms with E-state index in [-0.39, 0.29) is 5.69 Å². The molecule has 2 N–H and O–H groups in total. The van der Waals surface area contributed by atoms with E-state index >= 15 is 0 Å². The zero-order chi connectivity index (χ0) is 19.4. The molecular weight excluding hydrogens is 385 g/mol. The van der Waals surface area contributed by atoms with E-state index in [1.54, 1.807) is 41.0 Å². The van der Waals surface area contributed by atoms with Gasteiger partial charge in [0.05, 0.1) is 5.69 Å². The second-order valence-electron chi connectivity index (χ2n) is 5.90. The second kappa shape index (κ2) is 8.41. The van der Waals surface area contributed by atoms with Gasteiger partial charge in [0, 0.05) is 35.3 Å². The number of rotatable bonds is 7. The minimum absolute atomic E-state index is 0.227. The molecule has 1 heterocycles. The van der Waals surface area contributed by atoms with Crippen LogP contribution in [0.2, 0.25) is 10.0 Å². The predicted molar refractivity (Wildman–Crippen MR) is 110 cm³/mol. The summed E-state index contributed by atoms with van der Waals surface area (Å²) in [6, 6.07) is 14.1. The molecule has 2 aromatic carbocycles. The summed E-state index contributed by atoms with van der Waals surface area (Å²) in [6.07, 6.45) is 0.493. The van der Waals surface area contributed by atoms with Gasteiger partial charge in [0.2, 0.25) is 5.95 Å². The van der Waals surface area contributed by atoms with Crippen molar-refractivity contribution in [2.75, 3.05) is 11.9 Å². The molecule has 0 amide bonds. The van der Waals surface area contributed by atoms with Gasteiger partial charge in [-0.2, -0.15) is 4.68 Å². The number of benzene rings is 2. The topological polar surface area (TPSA) is 75.7 Å². The molecule has 0 aliphatic heterocycles. The molecule has 0 atom stereocenters. The molecule has 0 aliphatic rings. The Morgan fingerprint density at radius 3 is 2.26 bits per heavy atom. The number of nitrogens with zero attached hydrogens (tertiary/aromatic N) is 3. The fourth-order valence-electron chi connectivity index (χ4n) is 2.66. The lowest BCUT2D eigenvalue weighted by atomic mass is 10.1. The molecule has 0 saturated carbocycles. The molecule has 0 unspecified atom stereocenters. The Labute approximate surface area is 166 Å². The molecule has 140 valence electrons. The summed E-state index contributed by atoms with van der Waals surface area (Å²) in [7, 11) is 0. The molecule has 0 aliphatic carbocycles. The van der Waals surface area contributed by atoms with Gasteiger partial charge in [0.1, 0.15) is 0 Å². The molecular formula is C19H19Cl2N5O. The van der Waals surface area contributed by atoms with Crippen LogP contribution in [0.15, 0.2) is 53.3 Å². The summed E-state index contributed by atoms with van der Waals surface area (Å²) in [6.45, 7) is 2.86. The van der Waals surface area contributed by atoms with Crippen LogP contribution in [-0.4, -0.2) is 26.6 Å². The third-order valence-electron chi connectivity index (χ3n) is 4.10. The highest BCUT2D eigenvalue weighted by Gasteiger charge is 2.13. The van der Waals surface area contributed by atoms with Crippen LogP contribution in [-0.2, 0) is 6.54 Å². The van der Waals surface area contributed by atoms with Gasteiger partial charge in [-0.05, 0) is 48.9 Å². The van der Waals surface area contributed by atoms with E-state index in [9.17, 15) is 4.79 Å². The maximum absolute atomic E-state index is 12.6. The van der Waals surface area contributed by atoms with E-state index in [0.717, 1.165) is 5.56 Å². The Hall–Kier alpha value is -2.57. The number of halogens is 2. The first kappa shape index (κ1) is 19.2. The number of anilines is 1. The first-order valence-electron chi connectivity index (χ1n) is 8.52. The van der Waals surface area contributed by atoms with Crippen molar-refractivity contribution >= 4 is 34.9 Å². The summed E-state index contributed by atoms with van der Waals surface area (Å²) in [4.78, 5) is 12.6. The lowest BCUT2D eigenvalue weighted by Gasteiger charge is -2.07. The molecule has 3 aromatic rings. The van der Waals surface area contributed by atoms with E-state index in [1.807, 2.05) is 19.1 Å². The molecule has 0 bridgehead atoms. The number of nitrogens with one attached hydrogen (secondary N) is 2. The van der Waals surface area contributed by atoms with Gasteiger partial charge >= 0.3 is 5.69 Å². The van der Waals surface area contributed by atoms with E-state index in [1.165, 1.54) is 4.68 Å². The van der Waals surface area contributed by atoms with E-state index < -0.39 is 0 Å². The molecule has 0 spiro atoms. The van der Waals surface area contributed by atoms with Crippen LogP contribution in [0.4, 0.5) is 5.95 Å². The lowest BCUT2D eigenvalue weighted by molar-refractivity contribution is 0.714. The molecule has 8 heteroatoms. The van der Waals surface area contributed by atoms with Crippen LogP contribution < -0.4 is 11.0 Å². The van der Waals surface area contributed by atoms with Crippen molar-refractivity contribution in [3.05, 3.63) is 74.6 Å². The summed E-state index contributed by atoms with van der Waals surface area (Å²) in [5.41, 5.74) is 1.73. The van der Waals surface area contributed by atoms with Crippen molar-refractivity contribution in [2.24, 2.45) is 0 Å². The van der Waals surface area contributed by atoms with Crippen molar-refractivity contribution in [2.45, 2.75) is 19.9 Å². The highest BCUT2D eigenvalue weighted by atomic mass is 35.5. The molecule has 0 radical (unpaired) electrons. The van der Waals surface area contributed by atoms with Gasteiger partial charge in [-0.1, -0.05) is 35.3 Å². The van der Waals surface area contributed by atoms with Crippen molar-refractivity contribution in [3.8, 4) is 5.69 Å². The minimum atomic E-state index is -0.227. The Morgan fingerprint density at radius 1 is 1.07 bits per heavy atom. The molecule has 0 fully saturated rings. The molecule has 27 heavy (non-hydrogen) atoms. The number of hydrogen-bond donors (Lipinski definition) is 2. The van der Waals surface area contributed by atoms with E-state index in [0.29, 0.717) is 46.9 Å². The smallest absolute Gasteiger partial charge is 0.352 e. The van der Waals surface area contributed by atoms with Crippen molar-refractivity contribution < 1.29 is 0 Å². The highest BCUT2D eigenvalue weighted by Crippen LogP contribution is 2.14. The van der Waals surface area contributed by atoms with E-state index in [2.05, 4.69) is 10.4 Å². The highest BCUT2D eigenvalue weighted by molar-refractivity contribution is 6.30. The first-order valence-corrected chi connectivity index (χ1v) is 9.28. The standard InChI is InChI=1S/C19H19Cl2N5O/c1-2-25-18(23-12-11-17(22)13-3-5-14(20)6-4-13)24-26(19(25)27)16-9-7-15(21)8-10-16/h3-10,22H,2,11-12H2,1H3,(H,23,24). The molecule has 0 saturated heterocycles.